The van der Waals surface area contributed by atoms with Gasteiger partial charge < -0.3 is 30.1 Å². The molecule has 1 fully saturated rings. The molecular weight excluding hydrogens is 484 g/mol. The van der Waals surface area contributed by atoms with E-state index >= 15 is 0 Å². The van der Waals surface area contributed by atoms with Crippen LogP contribution in [0.1, 0.15) is 25.0 Å². The topological polar surface area (TPSA) is 103 Å². The van der Waals surface area contributed by atoms with E-state index in [0.29, 0.717) is 19.5 Å². The van der Waals surface area contributed by atoms with Crippen molar-refractivity contribution in [2.24, 2.45) is 5.41 Å². The molecule has 0 spiro atoms. The minimum Gasteiger partial charge on any atom is -0.444 e. The highest BCUT2D eigenvalue weighted by Gasteiger charge is 2.37. The van der Waals surface area contributed by atoms with Crippen LogP contribution in [0, 0.1) is 5.41 Å². The lowest BCUT2D eigenvalue weighted by Crippen LogP contribution is -2.55. The van der Waals surface area contributed by atoms with E-state index in [9.17, 15) is 14.7 Å². The number of nitrogens with one attached hydrogen (secondary N) is 2. The van der Waals surface area contributed by atoms with Crippen molar-refractivity contribution in [1.29, 1.82) is 0 Å². The maximum atomic E-state index is 13.3. The van der Waals surface area contributed by atoms with Crippen molar-refractivity contribution < 1.29 is 24.2 Å². The number of aliphatic hydroxyl groups is 1. The summed E-state index contributed by atoms with van der Waals surface area (Å²) in [5, 5.41) is 17.4. The Morgan fingerprint density at radius 1 is 1.11 bits per heavy atom. The third-order valence-electron chi connectivity index (χ3n) is 6.42. The molecule has 1 aliphatic heterocycles. The number of amides is 2. The van der Waals surface area contributed by atoms with Crippen LogP contribution in [0.25, 0.3) is 0 Å². The lowest BCUT2D eigenvalue weighted by Gasteiger charge is -2.31. The summed E-state index contributed by atoms with van der Waals surface area (Å²) in [7, 11) is 4.07. The van der Waals surface area contributed by atoms with E-state index in [-0.39, 0.29) is 31.3 Å². The van der Waals surface area contributed by atoms with Gasteiger partial charge in [-0.15, -0.1) is 0 Å². The van der Waals surface area contributed by atoms with Gasteiger partial charge in [-0.1, -0.05) is 74.5 Å². The van der Waals surface area contributed by atoms with Gasteiger partial charge in [0.2, 0.25) is 5.91 Å². The third kappa shape index (κ3) is 9.40. The summed E-state index contributed by atoms with van der Waals surface area (Å²) >= 11 is 0. The van der Waals surface area contributed by atoms with Crippen LogP contribution < -0.4 is 10.6 Å². The zero-order valence-electron chi connectivity index (χ0n) is 22.9. The van der Waals surface area contributed by atoms with E-state index in [1.165, 1.54) is 4.90 Å². The maximum absolute atomic E-state index is 13.3. The monoisotopic (exact) mass is 526 g/mol. The number of hydrogen-bond acceptors (Lipinski definition) is 7. The van der Waals surface area contributed by atoms with Gasteiger partial charge in [0.25, 0.3) is 0 Å². The number of aliphatic hydroxyl groups excluding tert-OH is 1. The average Bonchev–Trinajstić information content (AvgIpc) is 3.37. The molecule has 0 saturated carbocycles. The summed E-state index contributed by atoms with van der Waals surface area (Å²) in [5.41, 5.74) is 1.87. The van der Waals surface area contributed by atoms with Crippen molar-refractivity contribution in [3.05, 3.63) is 71.8 Å². The second-order valence-electron chi connectivity index (χ2n) is 10.9. The predicted octanol–water partition coefficient (Wildman–Crippen LogP) is 2.25. The van der Waals surface area contributed by atoms with Crippen LogP contribution in [0.15, 0.2) is 60.7 Å². The fraction of sp³-hybridized carbons (Fsp3) is 0.517. The Hall–Kier alpha value is -2.98. The number of benzene rings is 2. The van der Waals surface area contributed by atoms with Gasteiger partial charge in [0.05, 0.1) is 18.8 Å². The number of carbonyl (C=O) groups excluding carboxylic acids is 2. The summed E-state index contributed by atoms with van der Waals surface area (Å²) in [6, 6.07) is 17.7. The summed E-state index contributed by atoms with van der Waals surface area (Å²) in [4.78, 5) is 29.5. The van der Waals surface area contributed by atoms with Gasteiger partial charge in [0.15, 0.2) is 0 Å². The summed E-state index contributed by atoms with van der Waals surface area (Å²) < 4.78 is 10.9. The Morgan fingerprint density at radius 3 is 2.37 bits per heavy atom. The van der Waals surface area contributed by atoms with E-state index in [2.05, 4.69) is 29.4 Å². The second-order valence-corrected chi connectivity index (χ2v) is 10.9. The second kappa shape index (κ2) is 14.2. The first-order valence-electron chi connectivity index (χ1n) is 13.1. The molecule has 3 atom stereocenters. The molecular formula is C29H42N4O5. The number of rotatable bonds is 13. The van der Waals surface area contributed by atoms with Gasteiger partial charge in [-0.05, 0) is 37.1 Å². The fourth-order valence-electron chi connectivity index (χ4n) is 4.68. The molecule has 2 amide bonds. The normalized spacial score (nSPS) is 17.3. The van der Waals surface area contributed by atoms with Crippen LogP contribution in [0.5, 0.6) is 0 Å². The standard InChI is InChI=1S/C29H42N4O5/c1-29(2,20-32(3)4)19-30-16-26(34)24(15-22-11-7-5-8-12-22)31-27(35)25-18-37-21-33(25)28(36)38-17-23-13-9-6-10-14-23/h5-14,24-26,30,34H,15-21H2,1-4H3,(H,31,35)/t24-,25+,26+/m0/s1. The highest BCUT2D eigenvalue weighted by Crippen LogP contribution is 2.16. The molecule has 3 N–H and O–H groups in total. The van der Waals surface area contributed by atoms with Gasteiger partial charge in [-0.2, -0.15) is 0 Å². The predicted molar refractivity (Wildman–Crippen MR) is 146 cm³/mol. The van der Waals surface area contributed by atoms with Crippen molar-refractivity contribution in [3.63, 3.8) is 0 Å². The van der Waals surface area contributed by atoms with E-state index in [1.54, 1.807) is 0 Å². The van der Waals surface area contributed by atoms with Crippen LogP contribution in [0.3, 0.4) is 0 Å². The molecule has 3 rings (SSSR count). The first-order valence-corrected chi connectivity index (χ1v) is 13.1. The molecule has 1 saturated heterocycles. The van der Waals surface area contributed by atoms with Crippen molar-refractivity contribution in [2.75, 3.05) is 47.1 Å². The number of ether oxygens (including phenoxy) is 2. The Labute approximate surface area is 226 Å². The Morgan fingerprint density at radius 2 is 1.74 bits per heavy atom. The van der Waals surface area contributed by atoms with Gasteiger partial charge in [-0.3, -0.25) is 9.69 Å². The lowest BCUT2D eigenvalue weighted by atomic mass is 9.92. The van der Waals surface area contributed by atoms with Crippen molar-refractivity contribution in [1.82, 2.24) is 20.4 Å². The smallest absolute Gasteiger partial charge is 0.412 e. The SMILES string of the molecule is CN(C)CC(C)(C)CNC[C@@H](O)[C@H](Cc1ccccc1)NC(=O)[C@H]1COCN1C(=O)OCc1ccccc1. The van der Waals surface area contributed by atoms with E-state index in [0.717, 1.165) is 17.7 Å². The fourth-order valence-corrected chi connectivity index (χ4v) is 4.68. The molecule has 0 radical (unpaired) electrons. The zero-order chi connectivity index (χ0) is 27.5. The van der Waals surface area contributed by atoms with Gasteiger partial charge >= 0.3 is 6.09 Å². The average molecular weight is 527 g/mol. The van der Waals surface area contributed by atoms with Crippen LogP contribution in [0.2, 0.25) is 0 Å². The molecule has 9 heteroatoms. The molecule has 0 unspecified atom stereocenters. The number of carbonyl (C=O) groups is 2. The molecule has 0 aliphatic carbocycles. The highest BCUT2D eigenvalue weighted by molar-refractivity contribution is 5.86. The molecule has 0 aromatic heterocycles. The summed E-state index contributed by atoms with van der Waals surface area (Å²) in [6.45, 7) is 6.41. The number of hydrogen-bond donors (Lipinski definition) is 3. The van der Waals surface area contributed by atoms with Crippen molar-refractivity contribution >= 4 is 12.0 Å². The van der Waals surface area contributed by atoms with Gasteiger partial charge in [0, 0.05) is 19.6 Å². The van der Waals surface area contributed by atoms with Crippen LogP contribution in [0.4, 0.5) is 4.79 Å². The molecule has 38 heavy (non-hydrogen) atoms. The number of nitrogens with zero attached hydrogens (tertiary/aromatic N) is 2. The maximum Gasteiger partial charge on any atom is 0.412 e. The van der Waals surface area contributed by atoms with E-state index < -0.39 is 24.3 Å². The van der Waals surface area contributed by atoms with Crippen LogP contribution in [-0.2, 0) is 27.3 Å². The molecule has 2 aromatic carbocycles. The molecule has 1 aliphatic rings. The van der Waals surface area contributed by atoms with E-state index in [1.807, 2.05) is 74.8 Å². The molecule has 2 aromatic rings. The lowest BCUT2D eigenvalue weighted by molar-refractivity contribution is -0.126. The first-order chi connectivity index (χ1) is 18.1. The van der Waals surface area contributed by atoms with Gasteiger partial charge in [0.1, 0.15) is 19.4 Å². The van der Waals surface area contributed by atoms with Crippen molar-refractivity contribution in [3.8, 4) is 0 Å². The van der Waals surface area contributed by atoms with Crippen molar-refractivity contribution in [2.45, 2.75) is 45.1 Å². The van der Waals surface area contributed by atoms with Crippen LogP contribution in [-0.4, -0.2) is 92.2 Å². The highest BCUT2D eigenvalue weighted by atomic mass is 16.6. The summed E-state index contributed by atoms with van der Waals surface area (Å²) in [5.74, 6) is -0.382. The minimum absolute atomic E-state index is 0.0171. The molecule has 9 nitrogen and oxygen atoms in total. The quantitative estimate of drug-likeness (QED) is 0.368. The molecule has 0 bridgehead atoms. The Bertz CT molecular complexity index is 1000. The molecule has 208 valence electrons. The minimum atomic E-state index is -0.838. The molecule has 1 heterocycles. The Kier molecular flexibility index (Phi) is 11.1. The third-order valence-corrected chi connectivity index (χ3v) is 6.42. The summed E-state index contributed by atoms with van der Waals surface area (Å²) in [6.07, 6.45) is -1.01. The van der Waals surface area contributed by atoms with Gasteiger partial charge in [-0.25, -0.2) is 4.79 Å². The Balaban J connectivity index is 1.61. The van der Waals surface area contributed by atoms with E-state index in [4.69, 9.17) is 9.47 Å². The first kappa shape index (κ1) is 29.6. The zero-order valence-corrected chi connectivity index (χ0v) is 22.9. The van der Waals surface area contributed by atoms with Crippen LogP contribution >= 0.6 is 0 Å². The largest absolute Gasteiger partial charge is 0.444 e.